The second-order valence-electron chi connectivity index (χ2n) is 18.6. The van der Waals surface area contributed by atoms with Crippen molar-refractivity contribution in [1.29, 1.82) is 0 Å². The van der Waals surface area contributed by atoms with Gasteiger partial charge in [-0.05, 0) is 62.0 Å². The largest absolute Gasteiger partial charge is 0.462 e. The molecule has 0 aromatic carbocycles. The number of carbonyl (C=O) groups is 3. The van der Waals surface area contributed by atoms with Crippen molar-refractivity contribution in [2.45, 2.75) is 208 Å². The molecule has 0 unspecified atom stereocenters. The van der Waals surface area contributed by atoms with Gasteiger partial charge in [0.1, 0.15) is 49.0 Å². The van der Waals surface area contributed by atoms with E-state index in [0.717, 1.165) is 49.7 Å². The van der Waals surface area contributed by atoms with Gasteiger partial charge in [0, 0.05) is 65.4 Å². The Labute approximate surface area is 341 Å². The molecule has 58 heavy (non-hydrogen) atoms. The highest BCUT2D eigenvalue weighted by Gasteiger charge is 2.68. The summed E-state index contributed by atoms with van der Waals surface area (Å²) < 4.78 is 71.2. The Morgan fingerprint density at radius 3 is 2.29 bits per heavy atom. The average Bonchev–Trinajstić information content (AvgIpc) is 3.85. The van der Waals surface area contributed by atoms with Crippen molar-refractivity contribution in [2.75, 3.05) is 13.7 Å². The molecule has 10 rings (SSSR count). The minimum atomic E-state index is -0.813. The lowest BCUT2D eigenvalue weighted by molar-refractivity contribution is -0.292. The first-order chi connectivity index (χ1) is 27.8. The Morgan fingerprint density at radius 2 is 1.50 bits per heavy atom. The molecule has 12 bridgehead atoms. The first-order valence-electron chi connectivity index (χ1n) is 21.8. The van der Waals surface area contributed by atoms with Gasteiger partial charge in [0.25, 0.3) is 0 Å². The zero-order valence-electron chi connectivity index (χ0n) is 34.4. The van der Waals surface area contributed by atoms with Crippen molar-refractivity contribution in [3.8, 4) is 0 Å². The molecular weight excluding hydrogens is 752 g/mol. The fourth-order valence-electron chi connectivity index (χ4n) is 11.8. The van der Waals surface area contributed by atoms with Crippen LogP contribution in [0.1, 0.15) is 104 Å². The lowest BCUT2D eigenvalue weighted by Gasteiger charge is -2.47. The van der Waals surface area contributed by atoms with E-state index in [1.165, 1.54) is 13.8 Å². The second kappa shape index (κ2) is 16.5. The van der Waals surface area contributed by atoms with Gasteiger partial charge in [0.15, 0.2) is 5.79 Å². The van der Waals surface area contributed by atoms with E-state index in [1.807, 2.05) is 0 Å². The number of hydrogen-bond donors (Lipinski definition) is 0. The van der Waals surface area contributed by atoms with Gasteiger partial charge in [0.2, 0.25) is 0 Å². The molecule has 0 saturated carbocycles. The van der Waals surface area contributed by atoms with Gasteiger partial charge in [0.05, 0.1) is 61.0 Å². The zero-order chi connectivity index (χ0) is 40.5. The number of esters is 2. The number of hydrogen-bond acceptors (Lipinski definition) is 14. The van der Waals surface area contributed by atoms with E-state index in [0.29, 0.717) is 25.7 Å². The first-order valence-corrected chi connectivity index (χ1v) is 21.8. The van der Waals surface area contributed by atoms with Crippen molar-refractivity contribution in [3.05, 3.63) is 24.3 Å². The summed E-state index contributed by atoms with van der Waals surface area (Å²) in [6.07, 6.45) is 3.29. The molecule has 0 N–H and O–H groups in total. The van der Waals surface area contributed by atoms with E-state index in [2.05, 4.69) is 20.1 Å². The van der Waals surface area contributed by atoms with Gasteiger partial charge < -0.3 is 52.1 Å². The van der Waals surface area contributed by atoms with E-state index < -0.39 is 48.2 Å². The molecule has 0 amide bonds. The van der Waals surface area contributed by atoms with Gasteiger partial charge in [-0.1, -0.05) is 20.1 Å². The molecule has 10 aliphatic rings. The molecule has 0 aromatic heterocycles. The van der Waals surface area contributed by atoms with Gasteiger partial charge in [-0.2, -0.15) is 0 Å². The third-order valence-corrected chi connectivity index (χ3v) is 14.5. The molecule has 10 aliphatic heterocycles. The highest BCUT2D eigenvalue weighted by atomic mass is 16.8. The Kier molecular flexibility index (Phi) is 11.7. The zero-order valence-corrected chi connectivity index (χ0v) is 34.4. The summed E-state index contributed by atoms with van der Waals surface area (Å²) in [5.74, 6) is -1.85. The standard InChI is InChI=1S/C44H62O14/c1-21-13-27-7-9-32-22(2)14-29(51-32)11-12-44-19-37-40(57-44)41-42(56-37)43(58-44)39-33(55-41)10-8-28(53-39)15-26(47)16-31-35(18-34(52-27)23(21)3)54-36(38(31)48-6)17-30(50-25(5)46)20-49-24(4)45/h21,27-43H,2-3,7-20H2,1,4-6H3/t21-,27+,28-,29+,30+,31+,32+,33+,34-,35+,36-,37-,38-,39+,40+,41+,42-,43+,44+/m1/s1. The molecule has 14 heteroatoms. The molecule has 10 fully saturated rings. The lowest BCUT2D eigenvalue weighted by atomic mass is 9.81. The first kappa shape index (κ1) is 41.1. The molecule has 14 nitrogen and oxygen atoms in total. The van der Waals surface area contributed by atoms with Gasteiger partial charge >= 0.3 is 11.9 Å². The van der Waals surface area contributed by atoms with E-state index >= 15 is 0 Å². The van der Waals surface area contributed by atoms with Gasteiger partial charge in [-0.25, -0.2) is 0 Å². The fraction of sp³-hybridized carbons (Fsp3) is 0.841. The molecule has 0 aromatic rings. The number of methoxy groups -OCH3 is 1. The summed E-state index contributed by atoms with van der Waals surface area (Å²) >= 11 is 0. The van der Waals surface area contributed by atoms with Crippen LogP contribution in [-0.4, -0.2) is 135 Å². The number of fused-ring (bicyclic) bond motifs is 6. The molecular formula is C44H62O14. The fourth-order valence-corrected chi connectivity index (χ4v) is 11.8. The number of rotatable bonds is 6. The summed E-state index contributed by atoms with van der Waals surface area (Å²) in [7, 11) is 1.62. The van der Waals surface area contributed by atoms with Crippen molar-refractivity contribution >= 4 is 17.7 Å². The van der Waals surface area contributed by atoms with Crippen LogP contribution in [0.3, 0.4) is 0 Å². The van der Waals surface area contributed by atoms with E-state index in [4.69, 9.17) is 52.1 Å². The Morgan fingerprint density at radius 1 is 0.759 bits per heavy atom. The third kappa shape index (κ3) is 8.11. The summed E-state index contributed by atoms with van der Waals surface area (Å²) in [4.78, 5) is 38.1. The maximum absolute atomic E-state index is 14.3. The average molecular weight is 815 g/mol. The number of ketones is 1. The van der Waals surface area contributed by atoms with Crippen LogP contribution in [0.25, 0.3) is 0 Å². The Bertz CT molecular complexity index is 1600. The SMILES string of the molecule is C=C1C[C@@H]2CC[C@@]34C[C@H]5O[C@H]6[C@@H](O3)[C@H]3O[C@H](CC[C@@H]3O[C@H]6[C@H]5O4)CC(=O)C[C@@H]3[C@@H](OC)[C@@H](C[C@@H](COC(C)=O)OC(C)=O)O[C@H]3C[C@H]3O[C@@H](CC[C@@H]1O2)C[C@@H](C)C3=C. The van der Waals surface area contributed by atoms with Crippen LogP contribution in [0.4, 0.5) is 0 Å². The van der Waals surface area contributed by atoms with E-state index in [-0.39, 0.29) is 111 Å². The van der Waals surface area contributed by atoms with Crippen molar-refractivity contribution < 1.29 is 66.5 Å². The number of Topliss-reactive ketones (excluding diaryl/α,β-unsaturated/α-hetero) is 1. The van der Waals surface area contributed by atoms with E-state index in [9.17, 15) is 14.4 Å². The molecule has 0 radical (unpaired) electrons. The minimum absolute atomic E-state index is 0.0122. The quantitative estimate of drug-likeness (QED) is 0.271. The minimum Gasteiger partial charge on any atom is -0.462 e. The van der Waals surface area contributed by atoms with Gasteiger partial charge in [-0.3, -0.25) is 14.4 Å². The van der Waals surface area contributed by atoms with Crippen LogP contribution in [0.2, 0.25) is 0 Å². The highest BCUT2D eigenvalue weighted by Crippen LogP contribution is 2.54. The number of ether oxygens (including phenoxy) is 11. The molecule has 0 aliphatic carbocycles. The highest BCUT2D eigenvalue weighted by molar-refractivity contribution is 5.79. The molecule has 322 valence electrons. The lowest BCUT2D eigenvalue weighted by Crippen LogP contribution is -2.61. The topological polar surface area (TPSA) is 153 Å². The molecule has 19 atom stereocenters. The maximum atomic E-state index is 14.3. The normalized spacial score (nSPS) is 47.9. The van der Waals surface area contributed by atoms with Crippen LogP contribution in [0.5, 0.6) is 0 Å². The van der Waals surface area contributed by atoms with Crippen LogP contribution >= 0.6 is 0 Å². The number of carbonyl (C=O) groups excluding carboxylic acids is 3. The Hall–Kier alpha value is -2.27. The summed E-state index contributed by atoms with van der Waals surface area (Å²) in [6.45, 7) is 13.6. The van der Waals surface area contributed by atoms with E-state index in [1.54, 1.807) is 7.11 Å². The maximum Gasteiger partial charge on any atom is 0.303 e. The second-order valence-corrected chi connectivity index (χ2v) is 18.6. The van der Waals surface area contributed by atoms with Crippen LogP contribution in [0.15, 0.2) is 24.3 Å². The summed E-state index contributed by atoms with van der Waals surface area (Å²) in [5, 5.41) is 0. The summed E-state index contributed by atoms with van der Waals surface area (Å²) in [6, 6.07) is 0. The Balaban J connectivity index is 0.986. The molecule has 10 heterocycles. The summed E-state index contributed by atoms with van der Waals surface area (Å²) in [5.41, 5.74) is 2.12. The smallest absolute Gasteiger partial charge is 0.303 e. The van der Waals surface area contributed by atoms with Gasteiger partial charge in [-0.15, -0.1) is 0 Å². The monoisotopic (exact) mass is 814 g/mol. The van der Waals surface area contributed by atoms with Crippen LogP contribution < -0.4 is 0 Å². The van der Waals surface area contributed by atoms with Crippen molar-refractivity contribution in [3.63, 3.8) is 0 Å². The predicted octanol–water partition coefficient (Wildman–Crippen LogP) is 4.61. The van der Waals surface area contributed by atoms with Crippen molar-refractivity contribution in [1.82, 2.24) is 0 Å². The third-order valence-electron chi connectivity index (χ3n) is 14.5. The molecule has 1 spiro atoms. The van der Waals surface area contributed by atoms with Crippen LogP contribution in [-0.2, 0) is 66.5 Å². The predicted molar refractivity (Wildman–Crippen MR) is 203 cm³/mol. The van der Waals surface area contributed by atoms with Crippen LogP contribution in [0, 0.1) is 11.8 Å². The van der Waals surface area contributed by atoms with Crippen molar-refractivity contribution in [2.24, 2.45) is 11.8 Å². The molecule has 10 saturated heterocycles.